The van der Waals surface area contributed by atoms with Crippen molar-refractivity contribution in [2.45, 2.75) is 45.1 Å². The molecule has 0 spiro atoms. The van der Waals surface area contributed by atoms with E-state index >= 15 is 0 Å². The number of aliphatic carboxylic acids is 1. The van der Waals surface area contributed by atoms with Crippen molar-refractivity contribution in [1.29, 1.82) is 0 Å². The number of ether oxygens (including phenoxy) is 1. The number of anilines is 1. The fourth-order valence-corrected chi connectivity index (χ4v) is 5.42. The van der Waals surface area contributed by atoms with E-state index in [-0.39, 0.29) is 25.2 Å². The van der Waals surface area contributed by atoms with Gasteiger partial charge in [-0.1, -0.05) is 24.3 Å². The van der Waals surface area contributed by atoms with Gasteiger partial charge < -0.3 is 15.2 Å². The van der Waals surface area contributed by atoms with Crippen LogP contribution < -0.4 is 5.32 Å². The summed E-state index contributed by atoms with van der Waals surface area (Å²) < 4.78 is 44.9. The normalized spacial score (nSPS) is 11.4. The van der Waals surface area contributed by atoms with Crippen molar-refractivity contribution >= 4 is 21.5 Å². The second-order valence-corrected chi connectivity index (χ2v) is 10.8. The Morgan fingerprint density at radius 3 is 2.42 bits per heavy atom. The second-order valence-electron chi connectivity index (χ2n) is 8.70. The lowest BCUT2D eigenvalue weighted by Crippen LogP contribution is -2.13. The highest BCUT2D eigenvalue weighted by atomic mass is 32.2. The minimum Gasteiger partial charge on any atom is -0.481 e. The fraction of sp³-hybridized carbons (Fsp3) is 0.321. The third-order valence-corrected chi connectivity index (χ3v) is 7.60. The standard InChI is InChI=1S/C28H32FNO5S/c1-4-35-12-13-36(33,34)25-14-19(2)28(20(3)15-25)23-7-5-6-21(16-23)18-30-24-10-8-22(26(29)17-24)9-11-27(31)32/h5-8,10,14-17,30H,4,9,11-13,18H2,1-3H3,(H,31,32). The predicted octanol–water partition coefficient (Wildman–Crippen LogP) is 5.55. The third-order valence-electron chi connectivity index (χ3n) is 5.94. The number of nitrogens with one attached hydrogen (secondary N) is 1. The molecule has 3 aromatic rings. The number of aryl methyl sites for hydroxylation is 3. The van der Waals surface area contributed by atoms with E-state index in [4.69, 9.17) is 9.84 Å². The molecule has 0 heterocycles. The maximum atomic E-state index is 14.3. The van der Waals surface area contributed by atoms with Crippen LogP contribution in [-0.2, 0) is 32.3 Å². The summed E-state index contributed by atoms with van der Waals surface area (Å²) >= 11 is 0. The molecule has 0 aliphatic rings. The summed E-state index contributed by atoms with van der Waals surface area (Å²) in [6, 6.07) is 16.1. The highest BCUT2D eigenvalue weighted by Gasteiger charge is 2.18. The molecule has 6 nitrogen and oxygen atoms in total. The van der Waals surface area contributed by atoms with E-state index in [1.165, 1.54) is 6.07 Å². The zero-order valence-corrected chi connectivity index (χ0v) is 21.6. The van der Waals surface area contributed by atoms with Crippen LogP contribution >= 0.6 is 0 Å². The zero-order valence-electron chi connectivity index (χ0n) is 20.8. The summed E-state index contributed by atoms with van der Waals surface area (Å²) in [6.45, 7) is 6.75. The van der Waals surface area contributed by atoms with Crippen LogP contribution in [0.15, 0.2) is 59.5 Å². The van der Waals surface area contributed by atoms with Crippen LogP contribution in [0.2, 0.25) is 0 Å². The number of carboxylic acids is 1. The van der Waals surface area contributed by atoms with E-state index < -0.39 is 21.6 Å². The lowest BCUT2D eigenvalue weighted by atomic mass is 9.94. The molecule has 192 valence electrons. The molecule has 0 saturated heterocycles. The third kappa shape index (κ3) is 7.15. The van der Waals surface area contributed by atoms with Gasteiger partial charge in [-0.25, -0.2) is 12.8 Å². The van der Waals surface area contributed by atoms with E-state index in [2.05, 4.69) is 5.32 Å². The maximum absolute atomic E-state index is 14.3. The second kappa shape index (κ2) is 12.1. The van der Waals surface area contributed by atoms with Gasteiger partial charge in [0.05, 0.1) is 17.3 Å². The number of hydrogen-bond donors (Lipinski definition) is 2. The van der Waals surface area contributed by atoms with Gasteiger partial charge in [0.15, 0.2) is 9.84 Å². The summed E-state index contributed by atoms with van der Waals surface area (Å²) in [5.41, 5.74) is 5.65. The SMILES string of the molecule is CCOCCS(=O)(=O)c1cc(C)c(-c2cccc(CNc3ccc(CCC(=O)O)c(F)c3)c2)c(C)c1. The smallest absolute Gasteiger partial charge is 0.303 e. The number of sulfone groups is 1. The molecule has 0 amide bonds. The molecule has 0 unspecified atom stereocenters. The summed E-state index contributed by atoms with van der Waals surface area (Å²) in [7, 11) is -3.43. The van der Waals surface area contributed by atoms with Crippen LogP contribution in [0.25, 0.3) is 11.1 Å². The minimum absolute atomic E-state index is 0.0542. The summed E-state index contributed by atoms with van der Waals surface area (Å²) in [5, 5.41) is 12.0. The average Bonchev–Trinajstić information content (AvgIpc) is 2.82. The molecule has 2 N–H and O–H groups in total. The van der Waals surface area contributed by atoms with Crippen LogP contribution in [0.5, 0.6) is 0 Å². The quantitative estimate of drug-likeness (QED) is 0.309. The van der Waals surface area contributed by atoms with Crippen LogP contribution in [0.4, 0.5) is 10.1 Å². The largest absolute Gasteiger partial charge is 0.481 e. The molecule has 3 aromatic carbocycles. The van der Waals surface area contributed by atoms with Gasteiger partial charge >= 0.3 is 5.97 Å². The highest BCUT2D eigenvalue weighted by Crippen LogP contribution is 2.31. The molecule has 0 atom stereocenters. The molecular formula is C28H32FNO5S. The molecule has 3 rings (SSSR count). The summed E-state index contributed by atoms with van der Waals surface area (Å²) in [6.07, 6.45) is 0.0320. The number of rotatable bonds is 12. The topological polar surface area (TPSA) is 92.7 Å². The minimum atomic E-state index is -3.43. The summed E-state index contributed by atoms with van der Waals surface area (Å²) in [5.74, 6) is -1.45. The fourth-order valence-electron chi connectivity index (χ4n) is 4.13. The van der Waals surface area contributed by atoms with Gasteiger partial charge in [-0.05, 0) is 90.9 Å². The first-order valence-electron chi connectivity index (χ1n) is 11.9. The molecular weight excluding hydrogens is 481 g/mol. The van der Waals surface area contributed by atoms with Gasteiger partial charge in [0, 0.05) is 25.3 Å². The van der Waals surface area contributed by atoms with E-state index in [0.29, 0.717) is 29.3 Å². The van der Waals surface area contributed by atoms with Gasteiger partial charge in [0.2, 0.25) is 0 Å². The Kier molecular flexibility index (Phi) is 9.23. The highest BCUT2D eigenvalue weighted by molar-refractivity contribution is 7.91. The number of benzene rings is 3. The molecule has 0 fully saturated rings. The van der Waals surface area contributed by atoms with Gasteiger partial charge in [-0.2, -0.15) is 0 Å². The Morgan fingerprint density at radius 1 is 1.06 bits per heavy atom. The van der Waals surface area contributed by atoms with Crippen LogP contribution in [0.1, 0.15) is 35.6 Å². The first-order chi connectivity index (χ1) is 17.1. The maximum Gasteiger partial charge on any atom is 0.303 e. The molecule has 0 aliphatic heterocycles. The lowest BCUT2D eigenvalue weighted by molar-refractivity contribution is -0.136. The monoisotopic (exact) mass is 513 g/mol. The number of carbonyl (C=O) groups is 1. The number of halogens is 1. The van der Waals surface area contributed by atoms with Crippen LogP contribution in [0.3, 0.4) is 0 Å². The zero-order chi connectivity index (χ0) is 26.3. The van der Waals surface area contributed by atoms with E-state index in [1.807, 2.05) is 45.0 Å². The van der Waals surface area contributed by atoms with Crippen molar-refractivity contribution in [2.75, 3.05) is 24.3 Å². The van der Waals surface area contributed by atoms with Crippen molar-refractivity contribution < 1.29 is 27.4 Å². The Bertz CT molecular complexity index is 1310. The average molecular weight is 514 g/mol. The molecule has 36 heavy (non-hydrogen) atoms. The van der Waals surface area contributed by atoms with Gasteiger partial charge in [-0.15, -0.1) is 0 Å². The van der Waals surface area contributed by atoms with E-state index in [0.717, 1.165) is 27.8 Å². The van der Waals surface area contributed by atoms with Gasteiger partial charge in [0.1, 0.15) is 5.82 Å². The molecule has 0 saturated carbocycles. The van der Waals surface area contributed by atoms with Crippen molar-refractivity contribution in [3.63, 3.8) is 0 Å². The van der Waals surface area contributed by atoms with E-state index in [1.54, 1.807) is 24.3 Å². The van der Waals surface area contributed by atoms with Crippen molar-refractivity contribution in [2.24, 2.45) is 0 Å². The number of carboxylic acid groups (broad SMARTS) is 1. The molecule has 0 aliphatic carbocycles. The molecule has 0 bridgehead atoms. The summed E-state index contributed by atoms with van der Waals surface area (Å²) in [4.78, 5) is 11.0. The van der Waals surface area contributed by atoms with Crippen molar-refractivity contribution in [1.82, 2.24) is 0 Å². The lowest BCUT2D eigenvalue weighted by Gasteiger charge is -2.15. The van der Waals surface area contributed by atoms with Crippen molar-refractivity contribution in [3.05, 3.63) is 82.7 Å². The molecule has 0 aromatic heterocycles. The Morgan fingerprint density at radius 2 is 1.78 bits per heavy atom. The van der Waals surface area contributed by atoms with Crippen molar-refractivity contribution in [3.8, 4) is 11.1 Å². The number of hydrogen-bond acceptors (Lipinski definition) is 5. The Balaban J connectivity index is 1.76. The molecule has 0 radical (unpaired) electrons. The first kappa shape index (κ1) is 27.4. The Hall–Kier alpha value is -3.23. The van der Waals surface area contributed by atoms with E-state index in [9.17, 15) is 17.6 Å². The van der Waals surface area contributed by atoms with Gasteiger partial charge in [0.25, 0.3) is 0 Å². The Labute approximate surface area is 212 Å². The van der Waals surface area contributed by atoms with Crippen LogP contribution in [0, 0.1) is 19.7 Å². The van der Waals surface area contributed by atoms with Gasteiger partial charge in [-0.3, -0.25) is 4.79 Å². The first-order valence-corrected chi connectivity index (χ1v) is 13.5. The molecule has 8 heteroatoms. The predicted molar refractivity (Wildman–Crippen MR) is 140 cm³/mol. The van der Waals surface area contributed by atoms with Crippen LogP contribution in [-0.4, -0.2) is 38.5 Å².